The molecule has 0 radical (unpaired) electrons. The van der Waals surface area contributed by atoms with Crippen molar-refractivity contribution in [1.29, 1.82) is 0 Å². The highest BCUT2D eigenvalue weighted by atomic mass is 32.1. The molecule has 1 heterocycles. The number of aryl methyl sites for hydroxylation is 2. The monoisotopic (exact) mass is 382 g/mol. The Kier molecular flexibility index (Phi) is 5.75. The maximum Gasteiger partial charge on any atom is 0.350 e. The summed E-state index contributed by atoms with van der Waals surface area (Å²) in [5.74, 6) is 11.8. The van der Waals surface area contributed by atoms with Gasteiger partial charge in [-0.25, -0.2) is 21.5 Å². The molecule has 1 aromatic heterocycles. The van der Waals surface area contributed by atoms with Crippen molar-refractivity contribution >= 4 is 23.1 Å². The molecule has 0 saturated heterocycles. The zero-order valence-electron chi connectivity index (χ0n) is 15.2. The van der Waals surface area contributed by atoms with E-state index in [9.17, 15) is 4.79 Å². The number of rotatable bonds is 5. The minimum absolute atomic E-state index is 0.278. The molecule has 0 bridgehead atoms. The van der Waals surface area contributed by atoms with Gasteiger partial charge in [0.2, 0.25) is 0 Å². The Morgan fingerprint density at radius 3 is 2.63 bits per heavy atom. The molecular weight excluding hydrogens is 360 g/mol. The summed E-state index contributed by atoms with van der Waals surface area (Å²) in [4.78, 5) is 14.2. The molecule has 7 heteroatoms. The second-order valence-corrected chi connectivity index (χ2v) is 7.41. The van der Waals surface area contributed by atoms with Crippen molar-refractivity contribution in [2.45, 2.75) is 20.5 Å². The number of hydrogen-bond acceptors (Lipinski definition) is 5. The van der Waals surface area contributed by atoms with Crippen LogP contribution in [0.4, 0.5) is 10.5 Å². The van der Waals surface area contributed by atoms with Crippen LogP contribution in [-0.4, -0.2) is 6.03 Å². The van der Waals surface area contributed by atoms with Crippen LogP contribution in [0.1, 0.15) is 16.0 Å². The number of ether oxygens (including phenoxy) is 1. The summed E-state index contributed by atoms with van der Waals surface area (Å²) in [5, 5.41) is 0.983. The van der Waals surface area contributed by atoms with Crippen molar-refractivity contribution in [2.24, 2.45) is 11.7 Å². The van der Waals surface area contributed by atoms with Crippen LogP contribution in [0.2, 0.25) is 0 Å². The fourth-order valence-electron chi connectivity index (χ4n) is 2.76. The van der Waals surface area contributed by atoms with E-state index in [0.717, 1.165) is 27.4 Å². The van der Waals surface area contributed by atoms with Crippen molar-refractivity contribution < 1.29 is 9.53 Å². The highest BCUT2D eigenvalue weighted by molar-refractivity contribution is 7.15. The van der Waals surface area contributed by atoms with Crippen molar-refractivity contribution in [3.63, 3.8) is 0 Å². The number of nitrogens with zero attached hydrogens (tertiary/aromatic N) is 1. The number of nitrogens with one attached hydrogen (secondary N) is 1. The van der Waals surface area contributed by atoms with Crippen LogP contribution in [0.5, 0.6) is 5.75 Å². The first-order valence-corrected chi connectivity index (χ1v) is 9.25. The normalized spacial score (nSPS) is 10.5. The summed E-state index contributed by atoms with van der Waals surface area (Å²) in [6.45, 7) is 4.31. The summed E-state index contributed by atoms with van der Waals surface area (Å²) in [6.07, 6.45) is 0. The summed E-state index contributed by atoms with van der Waals surface area (Å²) >= 11 is 1.74. The van der Waals surface area contributed by atoms with E-state index in [4.69, 9.17) is 16.4 Å². The highest BCUT2D eigenvalue weighted by Gasteiger charge is 2.16. The standard InChI is InChI=1S/C20H22N4O2S/c1-13-5-3-8-18(24(22)20(25)23-21)17(13)12-26-16-7-4-6-15(11-16)19-10-9-14(2)27-19/h3-11H,12,21-22H2,1-2H3,(H,23,25). The molecule has 0 aliphatic carbocycles. The van der Waals surface area contributed by atoms with Gasteiger partial charge in [-0.2, -0.15) is 0 Å². The fourth-order valence-corrected chi connectivity index (χ4v) is 3.63. The third-order valence-corrected chi connectivity index (χ3v) is 5.28. The molecule has 0 aliphatic rings. The van der Waals surface area contributed by atoms with Gasteiger partial charge >= 0.3 is 6.03 Å². The first kappa shape index (κ1) is 18.9. The van der Waals surface area contributed by atoms with Gasteiger partial charge in [-0.3, -0.25) is 5.43 Å². The van der Waals surface area contributed by atoms with Crippen LogP contribution in [-0.2, 0) is 6.61 Å². The number of thiophene rings is 1. The van der Waals surface area contributed by atoms with Crippen molar-refractivity contribution in [2.75, 3.05) is 5.01 Å². The number of carbonyl (C=O) groups excluding carboxylic acids is 1. The first-order chi connectivity index (χ1) is 13.0. The number of nitrogens with two attached hydrogens (primary N) is 2. The van der Waals surface area contributed by atoms with Gasteiger partial charge in [0.1, 0.15) is 12.4 Å². The second-order valence-electron chi connectivity index (χ2n) is 6.12. The lowest BCUT2D eigenvalue weighted by molar-refractivity contribution is 0.246. The number of anilines is 1. The van der Waals surface area contributed by atoms with Gasteiger partial charge in [0.25, 0.3) is 0 Å². The molecule has 0 atom stereocenters. The summed E-state index contributed by atoms with van der Waals surface area (Å²) in [7, 11) is 0. The predicted molar refractivity (Wildman–Crippen MR) is 109 cm³/mol. The summed E-state index contributed by atoms with van der Waals surface area (Å²) < 4.78 is 6.01. The molecule has 140 valence electrons. The van der Waals surface area contributed by atoms with Gasteiger partial charge in [0.05, 0.1) is 5.69 Å². The van der Waals surface area contributed by atoms with E-state index >= 15 is 0 Å². The van der Waals surface area contributed by atoms with Crippen molar-refractivity contribution in [3.8, 4) is 16.2 Å². The van der Waals surface area contributed by atoms with Crippen LogP contribution >= 0.6 is 11.3 Å². The van der Waals surface area contributed by atoms with Crippen LogP contribution < -0.4 is 26.9 Å². The lowest BCUT2D eigenvalue weighted by Crippen LogP contribution is -2.48. The van der Waals surface area contributed by atoms with E-state index < -0.39 is 6.03 Å². The van der Waals surface area contributed by atoms with E-state index in [1.54, 1.807) is 17.4 Å². The maximum absolute atomic E-state index is 11.8. The van der Waals surface area contributed by atoms with Gasteiger partial charge in [-0.15, -0.1) is 11.3 Å². The average Bonchev–Trinajstić information content (AvgIpc) is 3.12. The zero-order valence-corrected chi connectivity index (χ0v) is 16.0. The van der Waals surface area contributed by atoms with E-state index in [1.807, 2.05) is 42.7 Å². The van der Waals surface area contributed by atoms with Crippen molar-refractivity contribution in [1.82, 2.24) is 5.43 Å². The lowest BCUT2D eigenvalue weighted by Gasteiger charge is -2.21. The van der Waals surface area contributed by atoms with Gasteiger partial charge in [0.15, 0.2) is 0 Å². The molecule has 6 nitrogen and oxygen atoms in total. The Hall–Kier alpha value is -2.87. The average molecular weight is 382 g/mol. The minimum atomic E-state index is -0.600. The number of amides is 2. The second kappa shape index (κ2) is 8.22. The molecule has 27 heavy (non-hydrogen) atoms. The van der Waals surface area contributed by atoms with Crippen LogP contribution in [0.25, 0.3) is 10.4 Å². The third kappa shape index (κ3) is 4.28. The largest absolute Gasteiger partial charge is 0.489 e. The molecule has 3 rings (SSSR count). The number of hydrazine groups is 2. The minimum Gasteiger partial charge on any atom is -0.489 e. The molecular formula is C20H22N4O2S. The Labute approximate surface area is 162 Å². The Morgan fingerprint density at radius 2 is 1.93 bits per heavy atom. The van der Waals surface area contributed by atoms with Crippen LogP contribution in [0.3, 0.4) is 0 Å². The maximum atomic E-state index is 11.8. The smallest absolute Gasteiger partial charge is 0.350 e. The molecule has 2 amide bonds. The van der Waals surface area contributed by atoms with Crippen LogP contribution in [0, 0.1) is 13.8 Å². The molecule has 3 aromatic rings. The zero-order chi connectivity index (χ0) is 19.4. The number of benzene rings is 2. The quantitative estimate of drug-likeness (QED) is 0.355. The van der Waals surface area contributed by atoms with E-state index in [2.05, 4.69) is 25.1 Å². The topological polar surface area (TPSA) is 93.6 Å². The molecule has 0 saturated carbocycles. The highest BCUT2D eigenvalue weighted by Crippen LogP contribution is 2.31. The number of urea groups is 1. The summed E-state index contributed by atoms with van der Waals surface area (Å²) in [6, 6.07) is 17.1. The SMILES string of the molecule is Cc1ccc(-c2cccc(OCc3c(C)cccc3N(N)C(=O)NN)c2)s1. The van der Waals surface area contributed by atoms with Gasteiger partial charge in [-0.1, -0.05) is 24.3 Å². The van der Waals surface area contributed by atoms with Gasteiger partial charge in [0, 0.05) is 15.3 Å². The number of hydrogen-bond donors (Lipinski definition) is 3. The van der Waals surface area contributed by atoms with Crippen molar-refractivity contribution in [3.05, 3.63) is 70.6 Å². The van der Waals surface area contributed by atoms with E-state index in [-0.39, 0.29) is 6.61 Å². The fraction of sp³-hybridized carbons (Fsp3) is 0.150. The predicted octanol–water partition coefficient (Wildman–Crippen LogP) is 3.87. The molecule has 0 fully saturated rings. The molecule has 2 aromatic carbocycles. The van der Waals surface area contributed by atoms with Gasteiger partial charge < -0.3 is 4.74 Å². The van der Waals surface area contributed by atoms with E-state index in [0.29, 0.717) is 5.69 Å². The molecule has 5 N–H and O–H groups in total. The first-order valence-electron chi connectivity index (χ1n) is 8.43. The molecule has 0 spiro atoms. The van der Waals surface area contributed by atoms with Gasteiger partial charge in [-0.05, 0) is 55.3 Å². The molecule has 0 unspecified atom stereocenters. The summed E-state index contributed by atoms with van der Waals surface area (Å²) in [5.41, 5.74) is 5.48. The van der Waals surface area contributed by atoms with Crippen LogP contribution in [0.15, 0.2) is 54.6 Å². The molecule has 0 aliphatic heterocycles. The Balaban J connectivity index is 1.82. The number of carbonyl (C=O) groups is 1. The van der Waals surface area contributed by atoms with E-state index in [1.165, 1.54) is 9.75 Å². The lowest BCUT2D eigenvalue weighted by atomic mass is 10.1. The third-order valence-electron chi connectivity index (χ3n) is 4.23. The Morgan fingerprint density at radius 1 is 1.15 bits per heavy atom. The Bertz CT molecular complexity index is 955.